The van der Waals surface area contributed by atoms with Crippen molar-refractivity contribution < 1.29 is 76.1 Å². The van der Waals surface area contributed by atoms with Crippen LogP contribution < -0.4 is 0 Å². The summed E-state index contributed by atoms with van der Waals surface area (Å²) in [5.41, 5.74) is -0.452. The van der Waals surface area contributed by atoms with Gasteiger partial charge in [-0.25, -0.2) is 4.79 Å². The monoisotopic (exact) mass is 702 g/mol. The van der Waals surface area contributed by atoms with Crippen LogP contribution in [0.15, 0.2) is 48.7 Å². The number of hydrogen-bond acceptors (Lipinski definition) is 16. The van der Waals surface area contributed by atoms with Gasteiger partial charge in [-0.2, -0.15) is 0 Å². The third-order valence-corrected chi connectivity index (χ3v) is 8.40. The molecule has 5 rings (SSSR count). The molecule has 16 nitrogen and oxygen atoms in total. The lowest BCUT2D eigenvalue weighted by atomic mass is 9.85. The summed E-state index contributed by atoms with van der Waals surface area (Å²) in [4.78, 5) is 73.4. The highest BCUT2D eigenvalue weighted by atomic mass is 16.8. The molecule has 0 radical (unpaired) electrons. The molecule has 0 amide bonds. The van der Waals surface area contributed by atoms with Crippen LogP contribution >= 0.6 is 0 Å². The van der Waals surface area contributed by atoms with E-state index in [1.54, 1.807) is 30.3 Å². The third kappa shape index (κ3) is 8.31. The second kappa shape index (κ2) is 15.4. The van der Waals surface area contributed by atoms with Gasteiger partial charge in [-0.15, -0.1) is 0 Å². The molecule has 0 N–H and O–H groups in total. The zero-order chi connectivity index (χ0) is 36.2. The van der Waals surface area contributed by atoms with Gasteiger partial charge in [0, 0.05) is 46.6 Å². The number of epoxide rings is 1. The Balaban J connectivity index is 1.44. The van der Waals surface area contributed by atoms with Crippen molar-refractivity contribution in [2.75, 3.05) is 13.2 Å². The topological polar surface area (TPSA) is 198 Å². The number of hydrogen-bond donors (Lipinski definition) is 0. The average molecular weight is 703 g/mol. The maximum atomic E-state index is 12.7. The van der Waals surface area contributed by atoms with Gasteiger partial charge in [-0.05, 0) is 17.7 Å². The van der Waals surface area contributed by atoms with Gasteiger partial charge in [-0.1, -0.05) is 30.3 Å². The van der Waals surface area contributed by atoms with Crippen LogP contribution in [0.4, 0.5) is 0 Å². The van der Waals surface area contributed by atoms with E-state index in [0.29, 0.717) is 0 Å². The Bertz CT molecular complexity index is 1520. The van der Waals surface area contributed by atoms with Gasteiger partial charge >= 0.3 is 35.8 Å². The summed E-state index contributed by atoms with van der Waals surface area (Å²) in [5.74, 6) is -5.64. The van der Waals surface area contributed by atoms with Crippen molar-refractivity contribution in [3.8, 4) is 0 Å². The Hall–Kier alpha value is -4.80. The zero-order valence-electron chi connectivity index (χ0n) is 27.9. The van der Waals surface area contributed by atoms with Gasteiger partial charge in [0.15, 0.2) is 18.3 Å². The van der Waals surface area contributed by atoms with Crippen LogP contribution in [-0.4, -0.2) is 104 Å². The smallest absolute Gasteiger partial charge is 0.330 e. The quantitative estimate of drug-likeness (QED) is 0.131. The summed E-state index contributed by atoms with van der Waals surface area (Å²) in [5, 5.41) is 0. The van der Waals surface area contributed by atoms with Gasteiger partial charge in [0.25, 0.3) is 0 Å². The normalized spacial score (nSPS) is 33.5. The highest BCUT2D eigenvalue weighted by molar-refractivity contribution is 5.87. The van der Waals surface area contributed by atoms with Crippen molar-refractivity contribution in [3.63, 3.8) is 0 Å². The number of rotatable bonds is 12. The van der Waals surface area contributed by atoms with Crippen molar-refractivity contribution in [2.24, 2.45) is 11.8 Å². The molecule has 3 fully saturated rings. The number of carbonyl (C=O) groups is 6. The molecule has 3 heterocycles. The largest absolute Gasteiger partial charge is 0.472 e. The van der Waals surface area contributed by atoms with Gasteiger partial charge < -0.3 is 47.4 Å². The van der Waals surface area contributed by atoms with Crippen LogP contribution in [0.5, 0.6) is 0 Å². The first-order chi connectivity index (χ1) is 23.8. The average Bonchev–Trinajstić information content (AvgIpc) is 3.72. The van der Waals surface area contributed by atoms with E-state index in [-0.39, 0.29) is 6.61 Å². The maximum Gasteiger partial charge on any atom is 0.330 e. The second-order valence-corrected chi connectivity index (χ2v) is 12.1. The number of esters is 6. The Kier molecular flexibility index (Phi) is 11.2. The Morgan fingerprint density at radius 2 is 1.36 bits per heavy atom. The molecule has 0 unspecified atom stereocenters. The summed E-state index contributed by atoms with van der Waals surface area (Å²) >= 11 is 0. The molecule has 1 aliphatic carbocycles. The lowest BCUT2D eigenvalue weighted by Crippen LogP contribution is -2.64. The van der Waals surface area contributed by atoms with Crippen LogP contribution in [0.1, 0.15) is 40.2 Å². The molecule has 2 saturated heterocycles. The number of fused-ring (bicyclic) bond motifs is 3. The van der Waals surface area contributed by atoms with Crippen molar-refractivity contribution in [1.82, 2.24) is 0 Å². The van der Waals surface area contributed by atoms with Crippen LogP contribution in [0.2, 0.25) is 0 Å². The van der Waals surface area contributed by atoms with Crippen molar-refractivity contribution in [3.05, 3.63) is 54.3 Å². The SMILES string of the molecule is CC(=O)OC[C@]12O[C@H]1[C@@H](OC(C)=O)[C@@H]1C=CO[C@@H](O[C@@H]3O[C@H](COC(=O)C=Cc4ccccc4)[C@@H](OC(C)=O)[C@H](OC(C)=O)[C@H]3OC(C)=O)[C@@H]12. The van der Waals surface area contributed by atoms with E-state index < -0.39 is 109 Å². The van der Waals surface area contributed by atoms with Crippen molar-refractivity contribution >= 4 is 41.9 Å². The first-order valence-electron chi connectivity index (χ1n) is 15.8. The Labute approximate surface area is 286 Å². The Morgan fingerprint density at radius 3 is 2.00 bits per heavy atom. The molecule has 0 aromatic heterocycles. The maximum absolute atomic E-state index is 12.7. The molecule has 16 heteroatoms. The first kappa shape index (κ1) is 36.5. The number of carbonyl (C=O) groups excluding carboxylic acids is 6. The summed E-state index contributed by atoms with van der Waals surface area (Å²) < 4.78 is 57.3. The molecule has 0 spiro atoms. The lowest BCUT2D eigenvalue weighted by molar-refractivity contribution is -0.346. The lowest BCUT2D eigenvalue weighted by Gasteiger charge is -2.46. The predicted octanol–water partition coefficient (Wildman–Crippen LogP) is 1.53. The van der Waals surface area contributed by atoms with E-state index in [4.69, 9.17) is 47.4 Å². The van der Waals surface area contributed by atoms with E-state index >= 15 is 0 Å². The van der Waals surface area contributed by atoms with E-state index in [1.165, 1.54) is 32.3 Å². The minimum Gasteiger partial charge on any atom is -0.472 e. The van der Waals surface area contributed by atoms with Gasteiger partial charge in [0.2, 0.25) is 12.6 Å². The summed E-state index contributed by atoms with van der Waals surface area (Å²) in [6.07, 6.45) is -4.39. The molecule has 4 aliphatic rings. The highest BCUT2D eigenvalue weighted by Gasteiger charge is 2.78. The molecule has 270 valence electrons. The molecule has 1 aromatic rings. The standard InChI is InChI=1S/C34H38O16/c1-17(35)43-16-34-26-23(27(31(34)50-34)44-18(2)36)13-14-41-32(26)49-33-30(47-21(5)39)29(46-20(4)38)28(45-19(3)37)24(48-33)15-42-25(40)12-11-22-9-7-6-8-10-22/h6-14,23-24,26-33H,15-16H2,1-5H3/t23-,24-,26-,27+,28-,29+,30-,31+,32+,33+,34-/m1/s1. The van der Waals surface area contributed by atoms with Crippen LogP contribution in [-0.2, 0) is 76.1 Å². The van der Waals surface area contributed by atoms with E-state index in [2.05, 4.69) is 0 Å². The van der Waals surface area contributed by atoms with Crippen LogP contribution in [0.3, 0.4) is 0 Å². The van der Waals surface area contributed by atoms with Gasteiger partial charge in [0.1, 0.15) is 37.1 Å². The minimum absolute atomic E-state index is 0.221. The summed E-state index contributed by atoms with van der Waals surface area (Å²) in [6, 6.07) is 8.97. The van der Waals surface area contributed by atoms with Crippen LogP contribution in [0, 0.1) is 11.8 Å². The molecule has 50 heavy (non-hydrogen) atoms. The minimum atomic E-state index is -1.59. The first-order valence-corrected chi connectivity index (χ1v) is 15.8. The zero-order valence-corrected chi connectivity index (χ0v) is 27.9. The summed E-state index contributed by atoms with van der Waals surface area (Å²) in [6.45, 7) is 5.04. The number of ether oxygens (including phenoxy) is 10. The third-order valence-electron chi connectivity index (χ3n) is 8.40. The summed E-state index contributed by atoms with van der Waals surface area (Å²) in [7, 11) is 0. The van der Waals surface area contributed by atoms with Crippen molar-refractivity contribution in [1.29, 1.82) is 0 Å². The van der Waals surface area contributed by atoms with Crippen molar-refractivity contribution in [2.45, 2.75) is 89.4 Å². The molecular weight excluding hydrogens is 664 g/mol. The Morgan fingerprint density at radius 1 is 0.740 bits per heavy atom. The fraction of sp³-hybridized carbons (Fsp3) is 0.529. The van der Waals surface area contributed by atoms with Gasteiger partial charge in [0.05, 0.1) is 12.2 Å². The molecular formula is C34H38O16. The van der Waals surface area contributed by atoms with Gasteiger partial charge in [-0.3, -0.25) is 24.0 Å². The van der Waals surface area contributed by atoms with E-state index in [0.717, 1.165) is 26.3 Å². The second-order valence-electron chi connectivity index (χ2n) is 12.1. The molecule has 1 saturated carbocycles. The van der Waals surface area contributed by atoms with Crippen LogP contribution in [0.25, 0.3) is 6.08 Å². The molecule has 1 aromatic carbocycles. The fourth-order valence-electron chi connectivity index (χ4n) is 6.53. The fourth-order valence-corrected chi connectivity index (χ4v) is 6.53. The number of benzene rings is 1. The van der Waals surface area contributed by atoms with E-state index in [9.17, 15) is 28.8 Å². The molecule has 3 aliphatic heterocycles. The predicted molar refractivity (Wildman–Crippen MR) is 164 cm³/mol. The van der Waals surface area contributed by atoms with E-state index in [1.807, 2.05) is 6.07 Å². The highest BCUT2D eigenvalue weighted by Crippen LogP contribution is 2.61. The molecule has 11 atom stereocenters. The molecule has 0 bridgehead atoms.